The van der Waals surface area contributed by atoms with Gasteiger partial charge in [-0.05, 0) is 59.9 Å². The van der Waals surface area contributed by atoms with Crippen LogP contribution in [0, 0.1) is 11.3 Å². The molecule has 2 aromatic rings. The Labute approximate surface area is 196 Å². The van der Waals surface area contributed by atoms with Gasteiger partial charge in [0.05, 0.1) is 0 Å². The van der Waals surface area contributed by atoms with Crippen LogP contribution in [0.2, 0.25) is 5.02 Å². The van der Waals surface area contributed by atoms with Gasteiger partial charge in [0, 0.05) is 36.4 Å². The predicted molar refractivity (Wildman–Crippen MR) is 128 cm³/mol. The summed E-state index contributed by atoms with van der Waals surface area (Å²) in [5.41, 5.74) is 2.06. The molecule has 1 aromatic heterocycles. The number of carbonyl (C=O) groups is 2. The fourth-order valence-corrected chi connectivity index (χ4v) is 4.73. The number of piperidine rings is 1. The zero-order chi connectivity index (χ0) is 23.3. The van der Waals surface area contributed by atoms with Gasteiger partial charge in [-0.15, -0.1) is 0 Å². The SMILES string of the molecule is CC(C)[C@@H](NC(=O)CCc1ccccn1)C(=O)N1CCC(c2ccc(Cl)cc2)C(C)(C)C1. The van der Waals surface area contributed by atoms with E-state index in [1.165, 1.54) is 5.56 Å². The van der Waals surface area contributed by atoms with Crippen molar-refractivity contribution in [2.45, 2.75) is 58.9 Å². The molecule has 1 unspecified atom stereocenters. The molecule has 0 spiro atoms. The molecule has 0 bridgehead atoms. The molecule has 2 atom stereocenters. The summed E-state index contributed by atoms with van der Waals surface area (Å²) >= 11 is 6.06. The number of halogens is 1. The Hall–Kier alpha value is -2.40. The van der Waals surface area contributed by atoms with Crippen molar-refractivity contribution in [3.8, 4) is 0 Å². The van der Waals surface area contributed by atoms with Gasteiger partial charge in [-0.1, -0.05) is 57.5 Å². The van der Waals surface area contributed by atoms with Crippen LogP contribution in [0.25, 0.3) is 0 Å². The molecule has 32 heavy (non-hydrogen) atoms. The standard InChI is InChI=1S/C26H34ClN3O2/c1-18(2)24(29-23(31)13-12-21-7-5-6-15-28-21)25(32)30-16-14-22(26(3,4)17-30)19-8-10-20(27)11-9-19/h5-11,15,18,22,24H,12-14,16-17H2,1-4H3,(H,29,31)/t22?,24-/m1/s1. The quantitative estimate of drug-likeness (QED) is 0.649. The number of aryl methyl sites for hydroxylation is 1. The third-order valence-corrected chi connectivity index (χ3v) is 6.65. The monoisotopic (exact) mass is 455 g/mol. The number of pyridine rings is 1. The van der Waals surface area contributed by atoms with Crippen molar-refractivity contribution in [1.82, 2.24) is 15.2 Å². The third kappa shape index (κ3) is 6.10. The van der Waals surface area contributed by atoms with Crippen molar-refractivity contribution in [1.29, 1.82) is 0 Å². The van der Waals surface area contributed by atoms with Crippen LogP contribution in [0.4, 0.5) is 0 Å². The van der Waals surface area contributed by atoms with E-state index in [0.717, 1.165) is 17.1 Å². The number of likely N-dealkylation sites (tertiary alicyclic amines) is 1. The number of hydrogen-bond acceptors (Lipinski definition) is 3. The molecule has 172 valence electrons. The number of nitrogens with one attached hydrogen (secondary N) is 1. The van der Waals surface area contributed by atoms with Gasteiger partial charge in [-0.3, -0.25) is 14.6 Å². The third-order valence-electron chi connectivity index (χ3n) is 6.40. The molecular formula is C26H34ClN3O2. The smallest absolute Gasteiger partial charge is 0.245 e. The first-order chi connectivity index (χ1) is 15.2. The van der Waals surface area contributed by atoms with Crippen LogP contribution in [-0.2, 0) is 16.0 Å². The van der Waals surface area contributed by atoms with E-state index in [9.17, 15) is 9.59 Å². The average Bonchev–Trinajstić information content (AvgIpc) is 2.76. The summed E-state index contributed by atoms with van der Waals surface area (Å²) in [5.74, 6) is 0.263. The molecule has 2 amide bonds. The van der Waals surface area contributed by atoms with Crippen molar-refractivity contribution in [3.05, 3.63) is 64.9 Å². The number of carbonyl (C=O) groups excluding carboxylic acids is 2. The lowest BCUT2D eigenvalue weighted by atomic mass is 9.70. The van der Waals surface area contributed by atoms with Crippen LogP contribution < -0.4 is 5.32 Å². The van der Waals surface area contributed by atoms with E-state index in [2.05, 4.69) is 36.3 Å². The van der Waals surface area contributed by atoms with Crippen molar-refractivity contribution in [3.63, 3.8) is 0 Å². The van der Waals surface area contributed by atoms with Gasteiger partial charge >= 0.3 is 0 Å². The largest absolute Gasteiger partial charge is 0.344 e. The highest BCUT2D eigenvalue weighted by molar-refractivity contribution is 6.30. The molecule has 1 saturated heterocycles. The van der Waals surface area contributed by atoms with Gasteiger partial charge in [-0.2, -0.15) is 0 Å². The van der Waals surface area contributed by atoms with Crippen LogP contribution in [0.15, 0.2) is 48.7 Å². The van der Waals surface area contributed by atoms with Gasteiger partial charge in [-0.25, -0.2) is 0 Å². The molecule has 1 aromatic carbocycles. The summed E-state index contributed by atoms with van der Waals surface area (Å²) in [4.78, 5) is 32.2. The number of hydrogen-bond donors (Lipinski definition) is 1. The van der Waals surface area contributed by atoms with Crippen LogP contribution >= 0.6 is 11.6 Å². The summed E-state index contributed by atoms with van der Waals surface area (Å²) in [6.07, 6.45) is 3.49. The maximum atomic E-state index is 13.4. The lowest BCUT2D eigenvalue weighted by molar-refractivity contribution is -0.140. The van der Waals surface area contributed by atoms with Crippen LogP contribution in [0.5, 0.6) is 0 Å². The van der Waals surface area contributed by atoms with E-state index in [-0.39, 0.29) is 23.1 Å². The van der Waals surface area contributed by atoms with Gasteiger partial charge in [0.1, 0.15) is 6.04 Å². The lowest BCUT2D eigenvalue weighted by Crippen LogP contribution is -2.55. The second kappa shape index (κ2) is 10.5. The molecule has 0 radical (unpaired) electrons. The molecular weight excluding hydrogens is 422 g/mol. The highest BCUT2D eigenvalue weighted by Crippen LogP contribution is 2.42. The number of benzene rings is 1. The number of amides is 2. The number of aromatic nitrogens is 1. The summed E-state index contributed by atoms with van der Waals surface area (Å²) in [6, 6.07) is 13.2. The van der Waals surface area contributed by atoms with Gasteiger partial charge in [0.15, 0.2) is 0 Å². The van der Waals surface area contributed by atoms with E-state index in [1.54, 1.807) is 6.20 Å². The van der Waals surface area contributed by atoms with Crippen molar-refractivity contribution in [2.24, 2.45) is 11.3 Å². The molecule has 1 fully saturated rings. The Morgan fingerprint density at radius 1 is 1.19 bits per heavy atom. The highest BCUT2D eigenvalue weighted by Gasteiger charge is 2.40. The van der Waals surface area contributed by atoms with Crippen LogP contribution in [0.1, 0.15) is 57.7 Å². The average molecular weight is 456 g/mol. The zero-order valence-electron chi connectivity index (χ0n) is 19.5. The summed E-state index contributed by atoms with van der Waals surface area (Å²) in [7, 11) is 0. The Morgan fingerprint density at radius 3 is 2.50 bits per heavy atom. The van der Waals surface area contributed by atoms with Crippen LogP contribution in [0.3, 0.4) is 0 Å². The van der Waals surface area contributed by atoms with Crippen molar-refractivity contribution < 1.29 is 9.59 Å². The zero-order valence-corrected chi connectivity index (χ0v) is 20.2. The minimum Gasteiger partial charge on any atom is -0.344 e. The molecule has 0 aliphatic carbocycles. The van der Waals surface area contributed by atoms with E-state index < -0.39 is 6.04 Å². The van der Waals surface area contributed by atoms with E-state index in [1.807, 2.05) is 49.1 Å². The molecule has 2 heterocycles. The first-order valence-corrected chi connectivity index (χ1v) is 11.8. The second-order valence-corrected chi connectivity index (χ2v) is 10.2. The Kier molecular flexibility index (Phi) is 7.94. The summed E-state index contributed by atoms with van der Waals surface area (Å²) in [5, 5.41) is 3.72. The molecule has 3 rings (SSSR count). The number of rotatable bonds is 7. The van der Waals surface area contributed by atoms with Gasteiger partial charge < -0.3 is 10.2 Å². The lowest BCUT2D eigenvalue weighted by Gasteiger charge is -2.45. The van der Waals surface area contributed by atoms with E-state index in [0.29, 0.717) is 31.8 Å². The van der Waals surface area contributed by atoms with Crippen molar-refractivity contribution in [2.75, 3.05) is 13.1 Å². The van der Waals surface area contributed by atoms with Crippen molar-refractivity contribution >= 4 is 23.4 Å². The van der Waals surface area contributed by atoms with Gasteiger partial charge in [0.2, 0.25) is 11.8 Å². The minimum atomic E-state index is -0.519. The first-order valence-electron chi connectivity index (χ1n) is 11.4. The molecule has 5 nitrogen and oxygen atoms in total. The van der Waals surface area contributed by atoms with E-state index >= 15 is 0 Å². The predicted octanol–water partition coefficient (Wildman–Crippen LogP) is 4.85. The van der Waals surface area contributed by atoms with Gasteiger partial charge in [0.25, 0.3) is 0 Å². The molecule has 0 saturated carbocycles. The fourth-order valence-electron chi connectivity index (χ4n) is 4.60. The van der Waals surface area contributed by atoms with E-state index in [4.69, 9.17) is 11.6 Å². The summed E-state index contributed by atoms with van der Waals surface area (Å²) in [6.45, 7) is 9.72. The fraction of sp³-hybridized carbons (Fsp3) is 0.500. The normalized spacial score (nSPS) is 18.9. The molecule has 1 aliphatic rings. The summed E-state index contributed by atoms with van der Waals surface area (Å²) < 4.78 is 0. The highest BCUT2D eigenvalue weighted by atomic mass is 35.5. The molecule has 1 aliphatic heterocycles. The van der Waals surface area contributed by atoms with Crippen LogP contribution in [-0.4, -0.2) is 40.8 Å². The second-order valence-electron chi connectivity index (χ2n) is 9.75. The first kappa shape index (κ1) is 24.2. The molecule has 6 heteroatoms. The maximum Gasteiger partial charge on any atom is 0.245 e. The Balaban J connectivity index is 1.62. The maximum absolute atomic E-state index is 13.4. The Bertz CT molecular complexity index is 912. The minimum absolute atomic E-state index is 0.00816. The molecule has 1 N–H and O–H groups in total. The topological polar surface area (TPSA) is 62.3 Å². The Morgan fingerprint density at radius 2 is 1.91 bits per heavy atom. The number of nitrogens with zero attached hydrogens (tertiary/aromatic N) is 2.